The van der Waals surface area contributed by atoms with Gasteiger partial charge >= 0.3 is 0 Å². The zero-order valence-corrected chi connectivity index (χ0v) is 19.8. The van der Waals surface area contributed by atoms with Gasteiger partial charge in [0, 0.05) is 42.8 Å². The molecule has 2 aromatic heterocycles. The first-order valence-electron chi connectivity index (χ1n) is 10.9. The highest BCUT2D eigenvalue weighted by Crippen LogP contribution is 2.36. The van der Waals surface area contributed by atoms with E-state index >= 15 is 0 Å². The van der Waals surface area contributed by atoms with Crippen molar-refractivity contribution < 1.29 is 0 Å². The second-order valence-electron chi connectivity index (χ2n) is 8.37. The van der Waals surface area contributed by atoms with E-state index in [0.29, 0.717) is 18.5 Å². The molecule has 0 spiro atoms. The van der Waals surface area contributed by atoms with Crippen LogP contribution < -0.4 is 10.6 Å². The van der Waals surface area contributed by atoms with Crippen LogP contribution in [-0.2, 0) is 7.05 Å². The number of hydrogen-bond donors (Lipinski definition) is 2. The van der Waals surface area contributed by atoms with Crippen molar-refractivity contribution in [1.82, 2.24) is 30.2 Å². The summed E-state index contributed by atoms with van der Waals surface area (Å²) >= 11 is 1.87. The monoisotopic (exact) mass is 431 g/mol. The molecule has 1 aliphatic rings. The van der Waals surface area contributed by atoms with Gasteiger partial charge in [0.25, 0.3) is 0 Å². The Kier molecular flexibility index (Phi) is 8.30. The lowest BCUT2D eigenvalue weighted by Gasteiger charge is -2.39. The molecule has 30 heavy (non-hydrogen) atoms. The molecule has 0 saturated carbocycles. The van der Waals surface area contributed by atoms with Crippen molar-refractivity contribution in [2.75, 3.05) is 47.3 Å². The summed E-state index contributed by atoms with van der Waals surface area (Å²) in [7, 11) is 8.40. The maximum absolute atomic E-state index is 4.92. The fourth-order valence-electron chi connectivity index (χ4n) is 4.31. The van der Waals surface area contributed by atoms with Crippen LogP contribution in [0.5, 0.6) is 0 Å². The first kappa shape index (κ1) is 22.8. The van der Waals surface area contributed by atoms with Crippen LogP contribution in [0.2, 0.25) is 0 Å². The van der Waals surface area contributed by atoms with Gasteiger partial charge in [0.15, 0.2) is 5.96 Å². The summed E-state index contributed by atoms with van der Waals surface area (Å²) in [6, 6.07) is 5.13. The maximum Gasteiger partial charge on any atom is 0.191 e. The Morgan fingerprint density at radius 3 is 2.83 bits per heavy atom. The highest BCUT2D eigenvalue weighted by molar-refractivity contribution is 7.10. The van der Waals surface area contributed by atoms with Gasteiger partial charge in [-0.15, -0.1) is 11.3 Å². The molecule has 0 radical (unpaired) electrons. The van der Waals surface area contributed by atoms with Crippen molar-refractivity contribution in [3.8, 4) is 0 Å². The van der Waals surface area contributed by atoms with E-state index in [0.717, 1.165) is 19.0 Å². The number of nitrogens with zero attached hydrogens (tertiary/aromatic N) is 5. The first-order chi connectivity index (χ1) is 14.5. The number of nitrogens with one attached hydrogen (secondary N) is 2. The zero-order valence-electron chi connectivity index (χ0n) is 19.0. The number of guanidine groups is 1. The van der Waals surface area contributed by atoms with Gasteiger partial charge in [-0.25, -0.2) is 0 Å². The van der Waals surface area contributed by atoms with E-state index in [4.69, 9.17) is 4.99 Å². The molecule has 1 saturated heterocycles. The third-order valence-electron chi connectivity index (χ3n) is 5.87. The van der Waals surface area contributed by atoms with Crippen molar-refractivity contribution in [1.29, 1.82) is 0 Å². The number of rotatable bonds is 8. The second kappa shape index (κ2) is 10.9. The predicted octanol–water partition coefficient (Wildman–Crippen LogP) is 2.72. The molecule has 0 amide bonds. The minimum Gasteiger partial charge on any atom is -0.357 e. The van der Waals surface area contributed by atoms with Crippen molar-refractivity contribution in [2.24, 2.45) is 18.0 Å². The fourth-order valence-corrected chi connectivity index (χ4v) is 5.29. The molecule has 1 fully saturated rings. The summed E-state index contributed by atoms with van der Waals surface area (Å²) in [5, 5.41) is 13.6. The lowest BCUT2D eigenvalue weighted by atomic mass is 9.88. The molecule has 3 unspecified atom stereocenters. The molecular formula is C22H37N7S. The Morgan fingerprint density at radius 1 is 1.37 bits per heavy atom. The molecular weight excluding hydrogens is 394 g/mol. The quantitative estimate of drug-likeness (QED) is 0.497. The van der Waals surface area contributed by atoms with Crippen molar-refractivity contribution in [2.45, 2.75) is 31.8 Å². The Labute approximate surface area is 185 Å². The zero-order chi connectivity index (χ0) is 21.5. The van der Waals surface area contributed by atoms with E-state index in [1.807, 2.05) is 29.3 Å². The molecule has 1 aliphatic heterocycles. The van der Waals surface area contributed by atoms with Gasteiger partial charge in [-0.3, -0.25) is 14.6 Å². The number of aromatic nitrogens is 2. The van der Waals surface area contributed by atoms with Crippen LogP contribution in [0.25, 0.3) is 0 Å². The van der Waals surface area contributed by atoms with Gasteiger partial charge in [0.2, 0.25) is 0 Å². The van der Waals surface area contributed by atoms with Crippen LogP contribution >= 0.6 is 11.3 Å². The van der Waals surface area contributed by atoms with Crippen LogP contribution in [0, 0.1) is 5.92 Å². The number of likely N-dealkylation sites (tertiary alicyclic amines) is 1. The first-order valence-corrected chi connectivity index (χ1v) is 11.8. The average molecular weight is 432 g/mol. The molecule has 166 valence electrons. The lowest BCUT2D eigenvalue weighted by molar-refractivity contribution is 0.125. The lowest BCUT2D eigenvalue weighted by Crippen LogP contribution is -2.45. The van der Waals surface area contributed by atoms with Gasteiger partial charge in [-0.05, 0) is 64.8 Å². The molecule has 0 bridgehead atoms. The van der Waals surface area contributed by atoms with Crippen LogP contribution in [0.15, 0.2) is 34.9 Å². The van der Waals surface area contributed by atoms with Gasteiger partial charge in [0.1, 0.15) is 0 Å². The number of aryl methyl sites for hydroxylation is 1. The predicted molar refractivity (Wildman–Crippen MR) is 126 cm³/mol. The standard InChI is InChI=1S/C22H37N7S/c1-6-23-22(25-15-19(27(2)3)18-14-26-29(5)16-18)24-13-17-9-7-11-28(4)21(17)20-10-8-12-30-20/h8,10,12,14,16-17,19,21H,6-7,9,11,13,15H2,1-5H3,(H2,23,24,25). The Hall–Kier alpha value is -1.90. The van der Waals surface area contributed by atoms with E-state index in [9.17, 15) is 0 Å². The highest BCUT2D eigenvalue weighted by Gasteiger charge is 2.31. The van der Waals surface area contributed by atoms with E-state index in [2.05, 4.69) is 77.3 Å². The van der Waals surface area contributed by atoms with Gasteiger partial charge in [0.05, 0.1) is 18.8 Å². The summed E-state index contributed by atoms with van der Waals surface area (Å²) in [6.07, 6.45) is 6.51. The fraction of sp³-hybridized carbons (Fsp3) is 0.636. The summed E-state index contributed by atoms with van der Waals surface area (Å²) in [5.41, 5.74) is 1.19. The number of likely N-dealkylation sites (N-methyl/N-ethyl adjacent to an activating group) is 1. The maximum atomic E-state index is 4.92. The number of hydrogen-bond acceptors (Lipinski definition) is 5. The summed E-state index contributed by atoms with van der Waals surface area (Å²) in [5.74, 6) is 1.47. The number of thiophene rings is 1. The summed E-state index contributed by atoms with van der Waals surface area (Å²) in [6.45, 7) is 5.75. The van der Waals surface area contributed by atoms with Crippen LogP contribution in [0.4, 0.5) is 0 Å². The topological polar surface area (TPSA) is 60.7 Å². The summed E-state index contributed by atoms with van der Waals surface area (Å²) < 4.78 is 1.85. The molecule has 2 aromatic rings. The minimum atomic E-state index is 0.203. The smallest absolute Gasteiger partial charge is 0.191 e. The van der Waals surface area contributed by atoms with Crippen molar-refractivity contribution in [3.05, 3.63) is 40.3 Å². The molecule has 3 rings (SSSR count). The molecule has 3 heterocycles. The molecule has 0 aliphatic carbocycles. The highest BCUT2D eigenvalue weighted by atomic mass is 32.1. The van der Waals surface area contributed by atoms with Crippen LogP contribution in [-0.4, -0.2) is 72.9 Å². The average Bonchev–Trinajstić information content (AvgIpc) is 3.38. The Balaban J connectivity index is 1.66. The summed E-state index contributed by atoms with van der Waals surface area (Å²) in [4.78, 5) is 11.1. The van der Waals surface area contributed by atoms with Crippen molar-refractivity contribution in [3.63, 3.8) is 0 Å². The van der Waals surface area contributed by atoms with E-state index in [1.54, 1.807) is 0 Å². The van der Waals surface area contributed by atoms with Gasteiger partial charge in [-0.1, -0.05) is 6.07 Å². The molecule has 3 atom stereocenters. The second-order valence-corrected chi connectivity index (χ2v) is 9.35. The van der Waals surface area contributed by atoms with E-state index < -0.39 is 0 Å². The number of aliphatic imine (C=N–C) groups is 1. The van der Waals surface area contributed by atoms with E-state index in [1.165, 1.54) is 29.8 Å². The molecule has 7 nitrogen and oxygen atoms in total. The molecule has 2 N–H and O–H groups in total. The minimum absolute atomic E-state index is 0.203. The molecule has 8 heteroatoms. The van der Waals surface area contributed by atoms with Crippen LogP contribution in [0.1, 0.15) is 42.3 Å². The van der Waals surface area contributed by atoms with Crippen molar-refractivity contribution >= 4 is 17.3 Å². The van der Waals surface area contributed by atoms with Gasteiger partial charge < -0.3 is 15.5 Å². The van der Waals surface area contributed by atoms with Gasteiger partial charge in [-0.2, -0.15) is 5.10 Å². The largest absolute Gasteiger partial charge is 0.357 e. The normalized spacial score (nSPS) is 21.7. The Morgan fingerprint density at radius 2 is 2.20 bits per heavy atom. The Bertz CT molecular complexity index is 783. The SMILES string of the molecule is CCNC(=NCC(c1cnn(C)c1)N(C)C)NCC1CCCN(C)C1c1cccs1. The number of piperidine rings is 1. The van der Waals surface area contributed by atoms with E-state index in [-0.39, 0.29) is 6.04 Å². The molecule has 0 aromatic carbocycles. The third-order valence-corrected chi connectivity index (χ3v) is 6.82. The third kappa shape index (κ3) is 5.83. The van der Waals surface area contributed by atoms with Crippen LogP contribution in [0.3, 0.4) is 0 Å².